The first-order valence-corrected chi connectivity index (χ1v) is 8.65. The Morgan fingerprint density at radius 2 is 2.08 bits per heavy atom. The molecular formula is C17H25N7O2. The van der Waals surface area contributed by atoms with Gasteiger partial charge in [-0.25, -0.2) is 4.79 Å². The Hall–Kier alpha value is -2.52. The first kappa shape index (κ1) is 18.3. The Balaban J connectivity index is 1.63. The number of amides is 2. The molecule has 9 nitrogen and oxygen atoms in total. The summed E-state index contributed by atoms with van der Waals surface area (Å²) >= 11 is 0. The topological polar surface area (TPSA) is 99.4 Å². The maximum Gasteiger partial charge on any atom is 0.321 e. The van der Waals surface area contributed by atoms with E-state index >= 15 is 0 Å². The third-order valence-electron chi connectivity index (χ3n) is 4.44. The van der Waals surface area contributed by atoms with Crippen LogP contribution in [-0.4, -0.2) is 80.5 Å². The molecule has 2 heterocycles. The van der Waals surface area contributed by atoms with Gasteiger partial charge in [-0.3, -0.25) is 0 Å². The van der Waals surface area contributed by atoms with Crippen LogP contribution in [0, 0.1) is 6.92 Å². The molecule has 2 N–H and O–H groups in total. The van der Waals surface area contributed by atoms with E-state index in [2.05, 4.69) is 20.8 Å². The number of rotatable bonds is 4. The van der Waals surface area contributed by atoms with Crippen LogP contribution >= 0.6 is 0 Å². The van der Waals surface area contributed by atoms with E-state index in [1.165, 1.54) is 0 Å². The van der Waals surface area contributed by atoms with E-state index in [9.17, 15) is 9.90 Å². The summed E-state index contributed by atoms with van der Waals surface area (Å²) in [5, 5.41) is 25.0. The maximum absolute atomic E-state index is 12.6. The number of hydrogen-bond donors (Lipinski definition) is 2. The van der Waals surface area contributed by atoms with Crippen molar-refractivity contribution in [1.29, 1.82) is 0 Å². The van der Waals surface area contributed by atoms with Gasteiger partial charge in [-0.15, -0.1) is 5.10 Å². The molecule has 1 unspecified atom stereocenters. The minimum Gasteiger partial charge on any atom is -0.387 e. The molecule has 0 spiro atoms. The predicted molar refractivity (Wildman–Crippen MR) is 97.2 cm³/mol. The number of carbonyl (C=O) groups is 1. The molecule has 0 radical (unpaired) electrons. The number of β-amino-alcohol motifs (C(OH)–C–C–N with tert-alkyl or cyclic N) is 1. The highest BCUT2D eigenvalue weighted by Crippen LogP contribution is 2.23. The summed E-state index contributed by atoms with van der Waals surface area (Å²) < 4.78 is 1.62. The highest BCUT2D eigenvalue weighted by atomic mass is 16.3. The zero-order valence-electron chi connectivity index (χ0n) is 15.4. The molecule has 1 aromatic carbocycles. The Labute approximate surface area is 152 Å². The molecule has 26 heavy (non-hydrogen) atoms. The lowest BCUT2D eigenvalue weighted by atomic mass is 9.92. The highest BCUT2D eigenvalue weighted by molar-refractivity contribution is 5.89. The second kappa shape index (κ2) is 7.38. The highest BCUT2D eigenvalue weighted by Gasteiger charge is 2.35. The Bertz CT molecular complexity index is 759. The molecule has 1 aromatic heterocycles. The van der Waals surface area contributed by atoms with Crippen molar-refractivity contribution < 1.29 is 9.90 Å². The van der Waals surface area contributed by atoms with Gasteiger partial charge in [0.15, 0.2) is 5.82 Å². The molecule has 3 rings (SSSR count). The zero-order chi connectivity index (χ0) is 18.7. The lowest BCUT2D eigenvalue weighted by Gasteiger charge is -2.40. The van der Waals surface area contributed by atoms with Crippen molar-refractivity contribution in [3.63, 3.8) is 0 Å². The van der Waals surface area contributed by atoms with E-state index in [4.69, 9.17) is 0 Å². The van der Waals surface area contributed by atoms with Gasteiger partial charge in [0, 0.05) is 18.8 Å². The molecule has 0 aliphatic carbocycles. The third kappa shape index (κ3) is 4.17. The van der Waals surface area contributed by atoms with Gasteiger partial charge < -0.3 is 20.2 Å². The van der Waals surface area contributed by atoms with Crippen molar-refractivity contribution in [2.24, 2.45) is 0 Å². The van der Waals surface area contributed by atoms with Crippen LogP contribution in [0.1, 0.15) is 18.7 Å². The zero-order valence-corrected chi connectivity index (χ0v) is 15.4. The van der Waals surface area contributed by atoms with Gasteiger partial charge >= 0.3 is 6.03 Å². The Morgan fingerprint density at radius 3 is 2.69 bits per heavy atom. The van der Waals surface area contributed by atoms with Crippen LogP contribution in [0.3, 0.4) is 0 Å². The van der Waals surface area contributed by atoms with E-state index in [0.29, 0.717) is 37.6 Å². The summed E-state index contributed by atoms with van der Waals surface area (Å²) in [6.45, 7) is 3.33. The number of nitrogens with one attached hydrogen (secondary N) is 1. The van der Waals surface area contributed by atoms with Crippen molar-refractivity contribution in [2.75, 3.05) is 39.0 Å². The van der Waals surface area contributed by atoms with E-state index in [1.807, 2.05) is 50.2 Å². The number of aromatic nitrogens is 4. The van der Waals surface area contributed by atoms with E-state index in [-0.39, 0.29) is 6.03 Å². The first-order chi connectivity index (χ1) is 12.4. The second-order valence-electron chi connectivity index (χ2n) is 7.10. The molecular weight excluding hydrogens is 334 g/mol. The summed E-state index contributed by atoms with van der Waals surface area (Å²) in [7, 11) is 3.84. The molecule has 9 heteroatoms. The fraction of sp³-hybridized carbons (Fsp3) is 0.529. The molecule has 1 aliphatic rings. The van der Waals surface area contributed by atoms with Crippen molar-refractivity contribution in [3.8, 4) is 5.69 Å². The van der Waals surface area contributed by atoms with Crippen LogP contribution in [0.25, 0.3) is 5.69 Å². The molecule has 140 valence electrons. The van der Waals surface area contributed by atoms with E-state index in [0.717, 1.165) is 12.1 Å². The standard InChI is InChI=1S/C17H25N7O2/c1-13-19-20-21-24(13)15-7-5-14(6-8-15)18-16(25)23-10-4-9-17(26,12-23)11-22(2)3/h5-8,26H,4,9-12H2,1-3H3,(H,18,25). The number of likely N-dealkylation sites (N-methyl/N-ethyl adjacent to an activating group) is 1. The maximum atomic E-state index is 12.6. The summed E-state index contributed by atoms with van der Waals surface area (Å²) in [6.07, 6.45) is 1.49. The monoisotopic (exact) mass is 359 g/mol. The summed E-state index contributed by atoms with van der Waals surface area (Å²) in [5.41, 5.74) is 0.649. The Morgan fingerprint density at radius 1 is 1.35 bits per heavy atom. The summed E-state index contributed by atoms with van der Waals surface area (Å²) in [4.78, 5) is 16.2. The third-order valence-corrected chi connectivity index (χ3v) is 4.44. The lowest BCUT2D eigenvalue weighted by molar-refractivity contribution is -0.0333. The number of aryl methyl sites for hydroxylation is 1. The summed E-state index contributed by atoms with van der Waals surface area (Å²) in [5.74, 6) is 0.690. The van der Waals surface area contributed by atoms with Gasteiger partial charge in [0.2, 0.25) is 0 Å². The van der Waals surface area contributed by atoms with Crippen LogP contribution in [0.5, 0.6) is 0 Å². The van der Waals surface area contributed by atoms with E-state index in [1.54, 1.807) is 9.58 Å². The van der Waals surface area contributed by atoms with Crippen molar-refractivity contribution in [3.05, 3.63) is 30.1 Å². The van der Waals surface area contributed by atoms with Crippen LogP contribution in [-0.2, 0) is 0 Å². The van der Waals surface area contributed by atoms with Crippen LogP contribution in [0.2, 0.25) is 0 Å². The largest absolute Gasteiger partial charge is 0.387 e. The number of piperidine rings is 1. The minimum absolute atomic E-state index is 0.201. The number of likely N-dealkylation sites (tertiary alicyclic amines) is 1. The van der Waals surface area contributed by atoms with Crippen molar-refractivity contribution in [2.45, 2.75) is 25.4 Å². The normalized spacial score (nSPS) is 20.4. The fourth-order valence-corrected chi connectivity index (χ4v) is 3.36. The average Bonchev–Trinajstić information content (AvgIpc) is 3.00. The number of hydrogen-bond acceptors (Lipinski definition) is 6. The van der Waals surface area contributed by atoms with Gasteiger partial charge in [0.25, 0.3) is 0 Å². The minimum atomic E-state index is -0.861. The predicted octanol–water partition coefficient (Wildman–Crippen LogP) is 0.891. The number of benzene rings is 1. The average molecular weight is 359 g/mol. The summed E-state index contributed by atoms with van der Waals surface area (Å²) in [6, 6.07) is 7.11. The molecule has 2 aromatic rings. The van der Waals surface area contributed by atoms with Gasteiger partial charge in [-0.1, -0.05) is 0 Å². The molecule has 1 atom stereocenters. The molecule has 0 saturated carbocycles. The molecule has 1 saturated heterocycles. The van der Waals surface area contributed by atoms with Gasteiger partial charge in [0.05, 0.1) is 17.8 Å². The Kier molecular flexibility index (Phi) is 5.19. The van der Waals surface area contributed by atoms with Crippen molar-refractivity contribution in [1.82, 2.24) is 30.0 Å². The number of carbonyl (C=O) groups excluding carboxylic acids is 1. The van der Waals surface area contributed by atoms with E-state index < -0.39 is 5.60 Å². The molecule has 1 aliphatic heterocycles. The molecule has 2 amide bonds. The van der Waals surface area contributed by atoms with Gasteiger partial charge in [-0.05, 0) is 68.6 Å². The number of nitrogens with zero attached hydrogens (tertiary/aromatic N) is 6. The van der Waals surface area contributed by atoms with Crippen LogP contribution < -0.4 is 5.32 Å². The van der Waals surface area contributed by atoms with Crippen LogP contribution in [0.4, 0.5) is 10.5 Å². The van der Waals surface area contributed by atoms with Crippen LogP contribution in [0.15, 0.2) is 24.3 Å². The molecule has 1 fully saturated rings. The van der Waals surface area contributed by atoms with Crippen molar-refractivity contribution >= 4 is 11.7 Å². The SMILES string of the molecule is Cc1nnnn1-c1ccc(NC(=O)N2CCCC(O)(CN(C)C)C2)cc1. The lowest BCUT2D eigenvalue weighted by Crippen LogP contribution is -2.55. The number of aliphatic hydroxyl groups is 1. The number of tetrazole rings is 1. The fourth-order valence-electron chi connectivity index (χ4n) is 3.36. The smallest absolute Gasteiger partial charge is 0.321 e. The number of anilines is 1. The number of urea groups is 1. The second-order valence-corrected chi connectivity index (χ2v) is 7.10. The first-order valence-electron chi connectivity index (χ1n) is 8.65. The van der Waals surface area contributed by atoms with Gasteiger partial charge in [-0.2, -0.15) is 4.68 Å². The molecule has 0 bridgehead atoms. The van der Waals surface area contributed by atoms with Gasteiger partial charge in [0.1, 0.15) is 0 Å². The quantitative estimate of drug-likeness (QED) is 0.841.